The molecule has 1 unspecified atom stereocenters. The highest BCUT2D eigenvalue weighted by molar-refractivity contribution is 7.16. The molecule has 84 valence electrons. The first-order valence-electron chi connectivity index (χ1n) is 5.29. The van der Waals surface area contributed by atoms with Crippen molar-refractivity contribution >= 4 is 22.9 Å². The summed E-state index contributed by atoms with van der Waals surface area (Å²) >= 11 is 7.54. The Hall–Kier alpha value is -0.0500. The highest BCUT2D eigenvalue weighted by Crippen LogP contribution is 2.72. The summed E-state index contributed by atoms with van der Waals surface area (Å²) in [6, 6.07) is 4.12. The van der Waals surface area contributed by atoms with E-state index < -0.39 is 0 Å². The molecule has 1 aliphatic carbocycles. The van der Waals surface area contributed by atoms with Crippen LogP contribution in [0.25, 0.3) is 0 Å². The molecule has 15 heavy (non-hydrogen) atoms. The first kappa shape index (κ1) is 11.4. The van der Waals surface area contributed by atoms with E-state index in [0.717, 1.165) is 4.34 Å². The number of nitrogens with two attached hydrogens (primary N) is 1. The number of halogens is 1. The molecule has 1 fully saturated rings. The van der Waals surface area contributed by atoms with Crippen LogP contribution >= 0.6 is 22.9 Å². The number of thiophene rings is 1. The monoisotopic (exact) mass is 243 g/mol. The molecular formula is C12H18ClNS. The van der Waals surface area contributed by atoms with Gasteiger partial charge in [-0.25, -0.2) is 0 Å². The molecule has 1 saturated carbocycles. The van der Waals surface area contributed by atoms with Crippen molar-refractivity contribution in [3.8, 4) is 0 Å². The summed E-state index contributed by atoms with van der Waals surface area (Å²) in [6.07, 6.45) is 0. The molecule has 2 N–H and O–H groups in total. The van der Waals surface area contributed by atoms with E-state index in [9.17, 15) is 0 Å². The van der Waals surface area contributed by atoms with Crippen LogP contribution in [-0.4, -0.2) is 0 Å². The average Bonchev–Trinajstić information content (AvgIpc) is 2.49. The van der Waals surface area contributed by atoms with Crippen molar-refractivity contribution in [1.29, 1.82) is 0 Å². The minimum atomic E-state index is 0.132. The molecule has 0 aliphatic heterocycles. The van der Waals surface area contributed by atoms with E-state index in [1.165, 1.54) is 4.88 Å². The zero-order valence-corrected chi connectivity index (χ0v) is 11.2. The van der Waals surface area contributed by atoms with Crippen molar-refractivity contribution in [3.05, 3.63) is 21.3 Å². The average molecular weight is 244 g/mol. The fourth-order valence-corrected chi connectivity index (χ4v) is 3.92. The molecule has 0 aromatic carbocycles. The molecule has 1 aromatic rings. The van der Waals surface area contributed by atoms with Gasteiger partial charge in [0.2, 0.25) is 0 Å². The Bertz CT molecular complexity index is 367. The molecule has 1 atom stereocenters. The first-order valence-corrected chi connectivity index (χ1v) is 6.49. The molecule has 1 heterocycles. The van der Waals surface area contributed by atoms with Crippen LogP contribution in [0.3, 0.4) is 0 Å². The zero-order chi connectivity index (χ0) is 11.4. The molecule has 1 nitrogen and oxygen atoms in total. The molecule has 0 spiro atoms. The normalized spacial score (nSPS) is 25.2. The van der Waals surface area contributed by atoms with Gasteiger partial charge >= 0.3 is 0 Å². The lowest BCUT2D eigenvalue weighted by Crippen LogP contribution is -2.14. The van der Waals surface area contributed by atoms with Crippen molar-refractivity contribution in [1.82, 2.24) is 0 Å². The maximum Gasteiger partial charge on any atom is 0.0931 e. The maximum atomic E-state index is 6.32. The standard InChI is InChI=1S/C12H18ClNS/c1-11(2)10(12(11,3)4)9(14)7-5-6-8(13)15-7/h5-6,9-10H,14H2,1-4H3. The van der Waals surface area contributed by atoms with Crippen LogP contribution in [0.5, 0.6) is 0 Å². The summed E-state index contributed by atoms with van der Waals surface area (Å²) in [5.74, 6) is 0.555. The fraction of sp³-hybridized carbons (Fsp3) is 0.667. The van der Waals surface area contributed by atoms with Crippen molar-refractivity contribution in [3.63, 3.8) is 0 Å². The minimum Gasteiger partial charge on any atom is -0.323 e. The Morgan fingerprint density at radius 3 is 2.13 bits per heavy atom. The van der Waals surface area contributed by atoms with Crippen LogP contribution in [0.15, 0.2) is 12.1 Å². The van der Waals surface area contributed by atoms with Gasteiger partial charge in [0.15, 0.2) is 0 Å². The lowest BCUT2D eigenvalue weighted by molar-refractivity contribution is 0.457. The third-order valence-corrected chi connectivity index (χ3v) is 5.75. The lowest BCUT2D eigenvalue weighted by Gasteiger charge is -2.11. The lowest BCUT2D eigenvalue weighted by atomic mass is 10.0. The van der Waals surface area contributed by atoms with Crippen LogP contribution in [-0.2, 0) is 0 Å². The van der Waals surface area contributed by atoms with E-state index in [1.54, 1.807) is 11.3 Å². The highest BCUT2D eigenvalue weighted by Gasteiger charge is 2.66. The number of rotatable bonds is 2. The SMILES string of the molecule is CC1(C)C(C(N)c2ccc(Cl)s2)C1(C)C. The zero-order valence-electron chi connectivity index (χ0n) is 9.67. The smallest absolute Gasteiger partial charge is 0.0931 e. The topological polar surface area (TPSA) is 26.0 Å². The molecule has 1 aromatic heterocycles. The van der Waals surface area contributed by atoms with Gasteiger partial charge < -0.3 is 5.73 Å². The largest absolute Gasteiger partial charge is 0.323 e. The van der Waals surface area contributed by atoms with E-state index in [1.807, 2.05) is 6.07 Å². The van der Waals surface area contributed by atoms with Gasteiger partial charge in [0.1, 0.15) is 0 Å². The molecule has 3 heteroatoms. The predicted molar refractivity (Wildman–Crippen MR) is 67.3 cm³/mol. The van der Waals surface area contributed by atoms with Crippen LogP contribution < -0.4 is 5.73 Å². The van der Waals surface area contributed by atoms with Gasteiger partial charge in [-0.15, -0.1) is 11.3 Å². The molecule has 0 saturated heterocycles. The van der Waals surface area contributed by atoms with E-state index in [-0.39, 0.29) is 6.04 Å². The maximum absolute atomic E-state index is 6.32. The Balaban J connectivity index is 2.21. The van der Waals surface area contributed by atoms with Crippen LogP contribution in [0, 0.1) is 16.7 Å². The van der Waals surface area contributed by atoms with Crippen LogP contribution in [0.2, 0.25) is 4.34 Å². The van der Waals surface area contributed by atoms with E-state index in [0.29, 0.717) is 16.7 Å². The third kappa shape index (κ3) is 1.54. The van der Waals surface area contributed by atoms with Crippen LogP contribution in [0.1, 0.15) is 38.6 Å². The summed E-state index contributed by atoms with van der Waals surface area (Å²) in [7, 11) is 0. The fourth-order valence-electron chi connectivity index (χ4n) is 2.82. The summed E-state index contributed by atoms with van der Waals surface area (Å²) < 4.78 is 0.830. The van der Waals surface area contributed by atoms with Gasteiger partial charge in [0.25, 0.3) is 0 Å². The molecular weight excluding hydrogens is 226 g/mol. The third-order valence-electron chi connectivity index (χ3n) is 4.41. The Morgan fingerprint density at radius 2 is 1.80 bits per heavy atom. The Labute approximate surface area is 101 Å². The first-order chi connectivity index (χ1) is 6.78. The predicted octanol–water partition coefficient (Wildman–Crippen LogP) is 4.08. The molecule has 0 bridgehead atoms. The van der Waals surface area contributed by atoms with Gasteiger partial charge in [0.05, 0.1) is 4.34 Å². The summed E-state index contributed by atoms with van der Waals surface area (Å²) in [4.78, 5) is 1.21. The molecule has 1 aliphatic rings. The van der Waals surface area contributed by atoms with Crippen LogP contribution in [0.4, 0.5) is 0 Å². The Kier molecular flexibility index (Phi) is 2.46. The van der Waals surface area contributed by atoms with Gasteiger partial charge in [-0.3, -0.25) is 0 Å². The molecule has 0 amide bonds. The molecule has 0 radical (unpaired) electrons. The van der Waals surface area contributed by atoms with Crippen molar-refractivity contribution in [2.45, 2.75) is 33.7 Å². The minimum absolute atomic E-state index is 0.132. The second-order valence-corrected chi connectivity index (χ2v) is 7.34. The van der Waals surface area contributed by atoms with Gasteiger partial charge in [-0.05, 0) is 28.9 Å². The van der Waals surface area contributed by atoms with Gasteiger partial charge in [-0.2, -0.15) is 0 Å². The van der Waals surface area contributed by atoms with E-state index in [2.05, 4.69) is 33.8 Å². The van der Waals surface area contributed by atoms with E-state index in [4.69, 9.17) is 17.3 Å². The van der Waals surface area contributed by atoms with E-state index >= 15 is 0 Å². The number of hydrogen-bond donors (Lipinski definition) is 1. The summed E-state index contributed by atoms with van der Waals surface area (Å²) in [6.45, 7) is 9.19. The highest BCUT2D eigenvalue weighted by atomic mass is 35.5. The number of hydrogen-bond acceptors (Lipinski definition) is 2. The Morgan fingerprint density at radius 1 is 1.27 bits per heavy atom. The van der Waals surface area contributed by atoms with Gasteiger partial charge in [0, 0.05) is 10.9 Å². The second-order valence-electron chi connectivity index (χ2n) is 5.59. The second kappa shape index (κ2) is 3.22. The summed E-state index contributed by atoms with van der Waals surface area (Å²) in [5.41, 5.74) is 6.99. The molecule has 2 rings (SSSR count). The van der Waals surface area contributed by atoms with Crippen molar-refractivity contribution in [2.75, 3.05) is 0 Å². The van der Waals surface area contributed by atoms with Gasteiger partial charge in [-0.1, -0.05) is 39.3 Å². The van der Waals surface area contributed by atoms with Crippen molar-refractivity contribution < 1.29 is 0 Å². The quantitative estimate of drug-likeness (QED) is 0.832. The summed E-state index contributed by atoms with van der Waals surface area (Å²) in [5, 5.41) is 0. The van der Waals surface area contributed by atoms with Crippen molar-refractivity contribution in [2.24, 2.45) is 22.5 Å².